The average molecular weight is 254 g/mol. The lowest BCUT2D eigenvalue weighted by molar-refractivity contribution is 0.453. The summed E-state index contributed by atoms with van der Waals surface area (Å²) in [5, 5.41) is 10.0. The van der Waals surface area contributed by atoms with E-state index in [1.807, 2.05) is 43.3 Å². The van der Waals surface area contributed by atoms with E-state index in [0.717, 1.165) is 17.5 Å². The van der Waals surface area contributed by atoms with E-state index in [1.54, 1.807) is 0 Å². The number of phenols is 1. The van der Waals surface area contributed by atoms with Gasteiger partial charge in [-0.25, -0.2) is 10.9 Å². The Balaban J connectivity index is 1.79. The van der Waals surface area contributed by atoms with Gasteiger partial charge in [0.15, 0.2) is 0 Å². The van der Waals surface area contributed by atoms with Crippen molar-refractivity contribution in [2.45, 2.75) is 25.4 Å². The third-order valence-electron chi connectivity index (χ3n) is 3.67. The molecule has 19 heavy (non-hydrogen) atoms. The van der Waals surface area contributed by atoms with Crippen molar-refractivity contribution in [1.29, 1.82) is 0 Å². The third kappa shape index (κ3) is 2.48. The van der Waals surface area contributed by atoms with Gasteiger partial charge in [-0.2, -0.15) is 0 Å². The van der Waals surface area contributed by atoms with E-state index >= 15 is 0 Å². The maximum Gasteiger partial charge on any atom is 0.120 e. The van der Waals surface area contributed by atoms with Gasteiger partial charge in [0.25, 0.3) is 0 Å². The molecule has 3 nitrogen and oxygen atoms in total. The minimum absolute atomic E-state index is 0.144. The highest BCUT2D eigenvalue weighted by Crippen LogP contribution is 2.34. The molecule has 2 atom stereocenters. The van der Waals surface area contributed by atoms with Crippen molar-refractivity contribution >= 4 is 0 Å². The predicted octanol–water partition coefficient (Wildman–Crippen LogP) is 2.98. The number of aryl methyl sites for hydroxylation is 1. The molecule has 0 saturated carbocycles. The molecule has 0 bridgehead atoms. The van der Waals surface area contributed by atoms with Gasteiger partial charge in [0, 0.05) is 11.6 Å². The summed E-state index contributed by atoms with van der Waals surface area (Å²) in [4.78, 5) is 0. The van der Waals surface area contributed by atoms with Crippen LogP contribution in [0, 0.1) is 6.92 Å². The molecule has 1 heterocycles. The Labute approximate surface area is 113 Å². The lowest BCUT2D eigenvalue weighted by Gasteiger charge is -2.12. The highest BCUT2D eigenvalue weighted by atomic mass is 16.3. The molecular formula is C16H18N2O. The van der Waals surface area contributed by atoms with Crippen LogP contribution in [0.15, 0.2) is 48.5 Å². The first kappa shape index (κ1) is 12.2. The molecule has 3 rings (SSSR count). The van der Waals surface area contributed by atoms with Crippen molar-refractivity contribution in [3.05, 3.63) is 65.2 Å². The van der Waals surface area contributed by atoms with E-state index in [9.17, 15) is 5.11 Å². The number of benzene rings is 2. The van der Waals surface area contributed by atoms with E-state index in [2.05, 4.69) is 23.0 Å². The van der Waals surface area contributed by atoms with E-state index in [-0.39, 0.29) is 12.1 Å². The molecule has 2 unspecified atom stereocenters. The minimum Gasteiger partial charge on any atom is -0.508 e. The Morgan fingerprint density at radius 3 is 2.47 bits per heavy atom. The zero-order valence-electron chi connectivity index (χ0n) is 10.9. The fourth-order valence-electron chi connectivity index (χ4n) is 2.61. The van der Waals surface area contributed by atoms with Crippen LogP contribution < -0.4 is 10.9 Å². The Morgan fingerprint density at radius 2 is 1.74 bits per heavy atom. The number of aromatic hydroxyl groups is 1. The van der Waals surface area contributed by atoms with Crippen LogP contribution in [0.3, 0.4) is 0 Å². The van der Waals surface area contributed by atoms with E-state index in [0.29, 0.717) is 5.75 Å². The summed E-state index contributed by atoms with van der Waals surface area (Å²) in [5.41, 5.74) is 9.87. The Morgan fingerprint density at radius 1 is 1.00 bits per heavy atom. The van der Waals surface area contributed by atoms with Gasteiger partial charge in [0.1, 0.15) is 5.75 Å². The van der Waals surface area contributed by atoms with E-state index < -0.39 is 0 Å². The maximum absolute atomic E-state index is 10.0. The summed E-state index contributed by atoms with van der Waals surface area (Å²) in [5.74, 6) is 0.369. The topological polar surface area (TPSA) is 44.3 Å². The number of phenolic OH excluding ortho intramolecular Hbond substituents is 1. The van der Waals surface area contributed by atoms with Crippen LogP contribution in [-0.4, -0.2) is 5.11 Å². The average Bonchev–Trinajstić information content (AvgIpc) is 2.89. The quantitative estimate of drug-likeness (QED) is 0.772. The lowest BCUT2D eigenvalue weighted by atomic mass is 9.96. The summed E-state index contributed by atoms with van der Waals surface area (Å²) in [6.07, 6.45) is 0.931. The second kappa shape index (κ2) is 5.03. The summed E-state index contributed by atoms with van der Waals surface area (Å²) >= 11 is 0. The van der Waals surface area contributed by atoms with Crippen molar-refractivity contribution in [3.8, 4) is 5.75 Å². The van der Waals surface area contributed by atoms with Crippen molar-refractivity contribution in [3.63, 3.8) is 0 Å². The summed E-state index contributed by atoms with van der Waals surface area (Å²) in [6, 6.07) is 16.6. The van der Waals surface area contributed by atoms with Gasteiger partial charge in [-0.15, -0.1) is 0 Å². The molecule has 2 aromatic rings. The summed E-state index contributed by atoms with van der Waals surface area (Å²) in [7, 11) is 0. The fraction of sp³-hybridized carbons (Fsp3) is 0.250. The molecule has 0 aliphatic carbocycles. The van der Waals surface area contributed by atoms with Crippen molar-refractivity contribution in [2.24, 2.45) is 0 Å². The molecule has 1 fully saturated rings. The predicted molar refractivity (Wildman–Crippen MR) is 75.7 cm³/mol. The first-order valence-corrected chi connectivity index (χ1v) is 6.59. The number of rotatable bonds is 2. The molecule has 1 aliphatic rings. The molecule has 3 heteroatoms. The Bertz CT molecular complexity index is 568. The van der Waals surface area contributed by atoms with E-state index in [1.165, 1.54) is 5.56 Å². The Hall–Kier alpha value is -1.84. The largest absolute Gasteiger partial charge is 0.508 e. The number of hydrogen-bond donors (Lipinski definition) is 3. The molecule has 2 aromatic carbocycles. The normalized spacial score (nSPS) is 22.6. The molecular weight excluding hydrogens is 236 g/mol. The van der Waals surface area contributed by atoms with Crippen molar-refractivity contribution in [1.82, 2.24) is 10.9 Å². The highest BCUT2D eigenvalue weighted by Gasteiger charge is 2.27. The first-order valence-electron chi connectivity index (χ1n) is 6.59. The highest BCUT2D eigenvalue weighted by molar-refractivity contribution is 5.39. The molecule has 0 amide bonds. The molecule has 0 radical (unpaired) electrons. The van der Waals surface area contributed by atoms with Gasteiger partial charge in [0.2, 0.25) is 0 Å². The molecule has 1 aliphatic heterocycles. The van der Waals surface area contributed by atoms with Gasteiger partial charge < -0.3 is 5.11 Å². The minimum atomic E-state index is 0.144. The zero-order valence-corrected chi connectivity index (χ0v) is 10.9. The lowest BCUT2D eigenvalue weighted by Crippen LogP contribution is -2.26. The SMILES string of the molecule is Cc1ccc(C2CC(c3ccccc3)NN2)c(O)c1. The maximum atomic E-state index is 10.0. The van der Waals surface area contributed by atoms with Gasteiger partial charge in [-0.1, -0.05) is 42.5 Å². The second-order valence-corrected chi connectivity index (χ2v) is 5.10. The van der Waals surface area contributed by atoms with Gasteiger partial charge in [0.05, 0.1) is 6.04 Å². The standard InChI is InChI=1S/C16H18N2O/c1-11-7-8-13(16(19)9-11)15-10-14(17-18-15)12-5-3-2-4-6-12/h2-9,14-15,17-19H,10H2,1H3. The van der Waals surface area contributed by atoms with Crippen LogP contribution in [0.2, 0.25) is 0 Å². The number of hydrogen-bond acceptors (Lipinski definition) is 3. The van der Waals surface area contributed by atoms with Crippen LogP contribution in [0.4, 0.5) is 0 Å². The van der Waals surface area contributed by atoms with Crippen molar-refractivity contribution < 1.29 is 5.11 Å². The number of nitrogens with one attached hydrogen (secondary N) is 2. The fourth-order valence-corrected chi connectivity index (χ4v) is 2.61. The molecule has 3 N–H and O–H groups in total. The van der Waals surface area contributed by atoms with Crippen LogP contribution in [0.25, 0.3) is 0 Å². The van der Waals surface area contributed by atoms with Crippen LogP contribution in [0.1, 0.15) is 35.2 Å². The smallest absolute Gasteiger partial charge is 0.120 e. The van der Waals surface area contributed by atoms with Gasteiger partial charge in [-0.3, -0.25) is 0 Å². The summed E-state index contributed by atoms with van der Waals surface area (Å²) < 4.78 is 0. The van der Waals surface area contributed by atoms with Crippen LogP contribution in [0.5, 0.6) is 5.75 Å². The summed E-state index contributed by atoms with van der Waals surface area (Å²) in [6.45, 7) is 1.98. The molecule has 98 valence electrons. The number of hydrazine groups is 1. The second-order valence-electron chi connectivity index (χ2n) is 5.10. The first-order chi connectivity index (χ1) is 9.24. The monoisotopic (exact) mass is 254 g/mol. The van der Waals surface area contributed by atoms with Crippen LogP contribution >= 0.6 is 0 Å². The Kier molecular flexibility index (Phi) is 3.23. The zero-order chi connectivity index (χ0) is 13.2. The van der Waals surface area contributed by atoms with Crippen molar-refractivity contribution in [2.75, 3.05) is 0 Å². The molecule has 0 spiro atoms. The molecule has 0 aromatic heterocycles. The molecule has 1 saturated heterocycles. The van der Waals surface area contributed by atoms with Gasteiger partial charge >= 0.3 is 0 Å². The van der Waals surface area contributed by atoms with Gasteiger partial charge in [-0.05, 0) is 30.5 Å². The third-order valence-corrected chi connectivity index (χ3v) is 3.67. The van der Waals surface area contributed by atoms with E-state index in [4.69, 9.17) is 0 Å². The van der Waals surface area contributed by atoms with Crippen LogP contribution in [-0.2, 0) is 0 Å².